The molecule has 0 saturated heterocycles. The van der Waals surface area contributed by atoms with Crippen LogP contribution in [0.3, 0.4) is 0 Å². The van der Waals surface area contributed by atoms with E-state index in [1.54, 1.807) is 122 Å². The summed E-state index contributed by atoms with van der Waals surface area (Å²) >= 11 is 0. The second-order valence-electron chi connectivity index (χ2n) is 11.1. The molecule has 236 valence electrons. The molecule has 3 heterocycles. The fourth-order valence-electron chi connectivity index (χ4n) is 5.15. The molecule has 4 aromatic carbocycles. The lowest BCUT2D eigenvalue weighted by Crippen LogP contribution is -1.90. The molecule has 10 heteroatoms. The number of hydrogen-bond acceptors (Lipinski definition) is 10. The van der Waals surface area contributed by atoms with E-state index in [0.29, 0.717) is 68.0 Å². The van der Waals surface area contributed by atoms with Crippen molar-refractivity contribution < 1.29 is 29.3 Å². The molecule has 7 rings (SSSR count). The number of nitrogens with zero attached hydrogens (tertiary/aromatic N) is 4. The van der Waals surface area contributed by atoms with Crippen molar-refractivity contribution in [2.24, 2.45) is 20.0 Å². The molecule has 0 saturated carbocycles. The van der Waals surface area contributed by atoms with E-state index in [-0.39, 0.29) is 35.8 Å². The Balaban J connectivity index is 1.26. The fraction of sp³-hybridized carbons (Fsp3) is 0.0526. The number of rotatable bonds is 0. The van der Waals surface area contributed by atoms with Crippen LogP contribution < -0.4 is 0 Å². The average Bonchev–Trinajstić information content (AvgIpc) is 3.75. The summed E-state index contributed by atoms with van der Waals surface area (Å²) in [6, 6.07) is 27.0. The summed E-state index contributed by atoms with van der Waals surface area (Å²) in [5.74, 6) is 2.28. The zero-order valence-corrected chi connectivity index (χ0v) is 25.4. The van der Waals surface area contributed by atoms with Gasteiger partial charge in [-0.05, 0) is 97.1 Å². The Hall–Kier alpha value is -6.68. The van der Waals surface area contributed by atoms with Crippen molar-refractivity contribution in [3.05, 3.63) is 142 Å². The minimum atomic E-state index is 0.0732. The van der Waals surface area contributed by atoms with Crippen molar-refractivity contribution in [1.29, 1.82) is 0 Å². The highest BCUT2D eigenvalue weighted by molar-refractivity contribution is 5.84. The van der Waals surface area contributed by atoms with Gasteiger partial charge in [0.25, 0.3) is 0 Å². The standard InChI is InChI=1S/C38H28N4O6/c43-35-9-1-27-15-23(35)13-24-16-28(2-10-36(24)44)41-21-33-7-8-34(48-33)22-42-30-4-12-38(46)26(18-30)14-25-17-29(3-11-37(25)45)40-20-32-6-5-31(47-32)19-39-27/h1-12,15-22,43-46H,13-14H2. The summed E-state index contributed by atoms with van der Waals surface area (Å²) in [5, 5.41) is 42.3. The molecule has 1 aliphatic rings. The van der Waals surface area contributed by atoms with Gasteiger partial charge in [-0.25, -0.2) is 0 Å². The van der Waals surface area contributed by atoms with Crippen LogP contribution in [-0.4, -0.2) is 45.3 Å². The predicted octanol–water partition coefficient (Wildman–Crippen LogP) is 8.19. The van der Waals surface area contributed by atoms with Gasteiger partial charge in [-0.2, -0.15) is 0 Å². The molecular formula is C38H28N4O6. The molecule has 0 aliphatic carbocycles. The lowest BCUT2D eigenvalue weighted by atomic mass is 10.0. The smallest absolute Gasteiger partial charge is 0.145 e. The normalized spacial score (nSPS) is 12.8. The summed E-state index contributed by atoms with van der Waals surface area (Å²) < 4.78 is 11.7. The Bertz CT molecular complexity index is 1950. The van der Waals surface area contributed by atoms with Crippen LogP contribution in [-0.2, 0) is 12.8 Å². The molecule has 0 radical (unpaired) electrons. The van der Waals surface area contributed by atoms with Crippen LogP contribution in [0.1, 0.15) is 45.3 Å². The molecule has 12 bridgehead atoms. The Morgan fingerprint density at radius 1 is 0.354 bits per heavy atom. The van der Waals surface area contributed by atoms with Gasteiger partial charge in [0.2, 0.25) is 0 Å². The molecule has 6 aromatic rings. The quantitative estimate of drug-likeness (QED) is 0.131. The second-order valence-corrected chi connectivity index (χ2v) is 11.1. The SMILES string of the molecule is Oc1ccc2cc1Cc1cc(ccc1O)N=Cc1ccc(o1)C=Nc1ccc(O)c(c1)Cc1cc(ccc1O)N=Cc1ccc(o1)C=N2. The number of phenols is 4. The summed E-state index contributed by atoms with van der Waals surface area (Å²) in [4.78, 5) is 18.0. The average molecular weight is 637 g/mol. The van der Waals surface area contributed by atoms with E-state index < -0.39 is 0 Å². The van der Waals surface area contributed by atoms with Crippen molar-refractivity contribution in [2.45, 2.75) is 12.8 Å². The zero-order chi connectivity index (χ0) is 33.0. The van der Waals surface area contributed by atoms with Gasteiger partial charge in [-0.3, -0.25) is 20.0 Å². The number of aromatic hydroxyl groups is 4. The third-order valence-corrected chi connectivity index (χ3v) is 7.67. The largest absolute Gasteiger partial charge is 0.508 e. The van der Waals surface area contributed by atoms with Gasteiger partial charge in [-0.1, -0.05) is 0 Å². The maximum atomic E-state index is 10.6. The lowest BCUT2D eigenvalue weighted by molar-refractivity contribution is 0.462. The van der Waals surface area contributed by atoms with Gasteiger partial charge in [0.05, 0.1) is 47.6 Å². The number of hydrogen-bond donors (Lipinski definition) is 4. The van der Waals surface area contributed by atoms with E-state index in [1.165, 1.54) is 0 Å². The van der Waals surface area contributed by atoms with Crippen LogP contribution in [0.2, 0.25) is 0 Å². The van der Waals surface area contributed by atoms with Crippen molar-refractivity contribution in [1.82, 2.24) is 0 Å². The molecule has 0 fully saturated rings. The van der Waals surface area contributed by atoms with Gasteiger partial charge in [0.1, 0.15) is 46.0 Å². The fourth-order valence-corrected chi connectivity index (χ4v) is 5.15. The maximum Gasteiger partial charge on any atom is 0.145 e. The minimum Gasteiger partial charge on any atom is -0.508 e. The summed E-state index contributed by atoms with van der Waals surface area (Å²) in [6.07, 6.45) is 6.75. The Kier molecular flexibility index (Phi) is 8.11. The molecule has 0 unspecified atom stereocenters. The molecule has 0 spiro atoms. The minimum absolute atomic E-state index is 0.0732. The predicted molar refractivity (Wildman–Crippen MR) is 184 cm³/mol. The Labute approximate surface area is 274 Å². The summed E-state index contributed by atoms with van der Waals surface area (Å²) in [6.45, 7) is 0. The number of fused-ring (bicyclic) bond motifs is 12. The molecule has 48 heavy (non-hydrogen) atoms. The van der Waals surface area contributed by atoms with Crippen LogP contribution in [0.5, 0.6) is 23.0 Å². The van der Waals surface area contributed by atoms with Gasteiger partial charge < -0.3 is 29.3 Å². The maximum absolute atomic E-state index is 10.6. The summed E-state index contributed by atoms with van der Waals surface area (Å²) in [7, 11) is 0. The van der Waals surface area contributed by atoms with Gasteiger partial charge in [0, 0.05) is 35.1 Å². The van der Waals surface area contributed by atoms with Crippen molar-refractivity contribution in [2.75, 3.05) is 0 Å². The lowest BCUT2D eigenvalue weighted by Gasteiger charge is -2.09. The Morgan fingerprint density at radius 3 is 0.854 bits per heavy atom. The van der Waals surface area contributed by atoms with Crippen LogP contribution in [0.15, 0.2) is 126 Å². The Morgan fingerprint density at radius 2 is 0.604 bits per heavy atom. The monoisotopic (exact) mass is 636 g/mol. The number of benzene rings is 4. The van der Waals surface area contributed by atoms with Crippen molar-refractivity contribution in [3.63, 3.8) is 0 Å². The molecule has 0 atom stereocenters. The highest BCUT2D eigenvalue weighted by atomic mass is 16.3. The van der Waals surface area contributed by atoms with Crippen molar-refractivity contribution >= 4 is 47.6 Å². The third-order valence-electron chi connectivity index (χ3n) is 7.67. The third kappa shape index (κ3) is 6.92. The molecule has 1 aliphatic heterocycles. The van der Waals surface area contributed by atoms with E-state index in [4.69, 9.17) is 8.83 Å². The number of furan rings is 2. The van der Waals surface area contributed by atoms with Gasteiger partial charge >= 0.3 is 0 Å². The first-order valence-corrected chi connectivity index (χ1v) is 15.0. The molecule has 0 amide bonds. The first-order valence-electron chi connectivity index (χ1n) is 15.0. The van der Waals surface area contributed by atoms with E-state index >= 15 is 0 Å². The van der Waals surface area contributed by atoms with E-state index in [2.05, 4.69) is 20.0 Å². The number of phenolic OH excluding ortho intramolecular Hbond substituents is 4. The first-order chi connectivity index (χ1) is 23.3. The molecular weight excluding hydrogens is 608 g/mol. The van der Waals surface area contributed by atoms with Crippen LogP contribution >= 0.6 is 0 Å². The highest BCUT2D eigenvalue weighted by Crippen LogP contribution is 2.33. The van der Waals surface area contributed by atoms with Crippen LogP contribution in [0.4, 0.5) is 22.7 Å². The summed E-state index contributed by atoms with van der Waals surface area (Å²) in [5.41, 5.74) is 4.64. The zero-order valence-electron chi connectivity index (χ0n) is 25.4. The topological polar surface area (TPSA) is 157 Å². The van der Waals surface area contributed by atoms with Crippen molar-refractivity contribution in [3.8, 4) is 23.0 Å². The molecule has 4 N–H and O–H groups in total. The first kappa shape index (κ1) is 30.0. The number of aliphatic imine (C=N–C) groups is 4. The van der Waals surface area contributed by atoms with E-state index in [1.807, 2.05) is 0 Å². The molecule has 10 nitrogen and oxygen atoms in total. The van der Waals surface area contributed by atoms with E-state index in [9.17, 15) is 20.4 Å². The van der Waals surface area contributed by atoms with E-state index in [0.717, 1.165) is 0 Å². The van der Waals surface area contributed by atoms with Crippen LogP contribution in [0, 0.1) is 0 Å². The second kappa shape index (κ2) is 13.0. The molecule has 2 aromatic heterocycles. The van der Waals surface area contributed by atoms with Gasteiger partial charge in [0.15, 0.2) is 0 Å². The van der Waals surface area contributed by atoms with Crippen LogP contribution in [0.25, 0.3) is 0 Å². The van der Waals surface area contributed by atoms with Gasteiger partial charge in [-0.15, -0.1) is 0 Å². The highest BCUT2D eigenvalue weighted by Gasteiger charge is 2.11.